The summed E-state index contributed by atoms with van der Waals surface area (Å²) in [6, 6.07) is 11.6. The molecule has 0 unspecified atom stereocenters. The van der Waals surface area contributed by atoms with Crippen LogP contribution >= 0.6 is 11.3 Å². The second-order valence-electron chi connectivity index (χ2n) is 8.26. The molecular weight excluding hydrogens is 436 g/mol. The van der Waals surface area contributed by atoms with E-state index in [-0.39, 0.29) is 17.2 Å². The van der Waals surface area contributed by atoms with Gasteiger partial charge in [0.2, 0.25) is 5.43 Å². The summed E-state index contributed by atoms with van der Waals surface area (Å²) >= 11 is 1.43. The van der Waals surface area contributed by atoms with Crippen molar-refractivity contribution in [1.82, 2.24) is 9.88 Å². The minimum absolute atomic E-state index is 0.129. The number of aromatic nitrogens is 1. The van der Waals surface area contributed by atoms with Crippen LogP contribution in [-0.2, 0) is 11.2 Å². The summed E-state index contributed by atoms with van der Waals surface area (Å²) in [5.74, 6) is 0.186. The van der Waals surface area contributed by atoms with Crippen molar-refractivity contribution in [2.45, 2.75) is 26.3 Å². The highest BCUT2D eigenvalue weighted by atomic mass is 32.1. The molecule has 1 atom stereocenters. The van der Waals surface area contributed by atoms with Gasteiger partial charge in [-0.15, -0.1) is 11.3 Å². The fourth-order valence-electron chi connectivity index (χ4n) is 4.53. The average molecular weight is 463 g/mol. The maximum Gasteiger partial charge on any atom is 0.202 e. The van der Waals surface area contributed by atoms with E-state index in [1.54, 1.807) is 6.07 Å². The predicted octanol–water partition coefficient (Wildman–Crippen LogP) is 4.91. The van der Waals surface area contributed by atoms with Crippen molar-refractivity contribution in [3.8, 4) is 16.3 Å². The second kappa shape index (κ2) is 9.09. The lowest BCUT2D eigenvalue weighted by Crippen LogP contribution is -2.39. The van der Waals surface area contributed by atoms with Crippen molar-refractivity contribution in [3.63, 3.8) is 0 Å². The number of rotatable bonds is 5. The van der Waals surface area contributed by atoms with Crippen LogP contribution in [-0.4, -0.2) is 41.3 Å². The van der Waals surface area contributed by atoms with Gasteiger partial charge in [0.05, 0.1) is 35.8 Å². The van der Waals surface area contributed by atoms with Gasteiger partial charge in [-0.05, 0) is 30.5 Å². The Balaban J connectivity index is 1.79. The van der Waals surface area contributed by atoms with Crippen molar-refractivity contribution in [2.75, 3.05) is 26.3 Å². The number of morpholine rings is 1. The van der Waals surface area contributed by atoms with Crippen molar-refractivity contribution >= 4 is 22.3 Å². The molecule has 2 aromatic carbocycles. The monoisotopic (exact) mass is 462 g/mol. The molecular formula is C26H26N2O4S. The molecule has 7 heteroatoms. The first-order valence-corrected chi connectivity index (χ1v) is 12.1. The smallest absolute Gasteiger partial charge is 0.202 e. The summed E-state index contributed by atoms with van der Waals surface area (Å²) in [5.41, 5.74) is 4.00. The molecule has 3 heterocycles. The van der Waals surface area contributed by atoms with Crippen molar-refractivity contribution in [2.24, 2.45) is 0 Å². The third-order valence-electron chi connectivity index (χ3n) is 6.18. The Hall–Kier alpha value is -3.00. The van der Waals surface area contributed by atoms with E-state index in [1.807, 2.05) is 37.4 Å². The highest BCUT2D eigenvalue weighted by Gasteiger charge is 2.31. The summed E-state index contributed by atoms with van der Waals surface area (Å²) in [6.07, 6.45) is 2.08. The number of phenolic OH excluding ortho intramolecular Hbond substituents is 1. The number of nitrogens with zero attached hydrogens (tertiary/aromatic N) is 2. The standard InChI is InChI=1S/C26H26N2O4S/c1-3-17-13-19-24(30)20(26-27-16(2)15-33-26)14-32-25(19)21(23(17)29)22(18-7-5-4-6-8-18)28-9-11-31-12-10-28/h4-8,13-15,22,29H,3,9-12H2,1-2H3/t22-/m0/s1. The number of fused-ring (bicyclic) bond motifs is 1. The zero-order chi connectivity index (χ0) is 22.9. The van der Waals surface area contributed by atoms with Crippen molar-refractivity contribution in [1.29, 1.82) is 0 Å². The van der Waals surface area contributed by atoms with Crippen LogP contribution in [0.1, 0.15) is 35.3 Å². The summed E-state index contributed by atoms with van der Waals surface area (Å²) in [5, 5.41) is 14.4. The molecule has 0 aliphatic carbocycles. The Kier molecular flexibility index (Phi) is 6.01. The van der Waals surface area contributed by atoms with Crippen LogP contribution in [0.3, 0.4) is 0 Å². The van der Waals surface area contributed by atoms with Crippen LogP contribution in [0.25, 0.3) is 21.5 Å². The molecule has 170 valence electrons. The van der Waals surface area contributed by atoms with Gasteiger partial charge in [0.25, 0.3) is 0 Å². The van der Waals surface area contributed by atoms with Crippen molar-refractivity contribution in [3.05, 3.63) is 80.6 Å². The number of hydrogen-bond acceptors (Lipinski definition) is 7. The fourth-order valence-corrected chi connectivity index (χ4v) is 5.32. The molecule has 0 saturated carbocycles. The highest BCUT2D eigenvalue weighted by molar-refractivity contribution is 7.13. The maximum atomic E-state index is 13.6. The summed E-state index contributed by atoms with van der Waals surface area (Å²) < 4.78 is 11.7. The van der Waals surface area contributed by atoms with E-state index in [4.69, 9.17) is 9.15 Å². The molecule has 1 aliphatic heterocycles. The van der Waals surface area contributed by atoms with E-state index in [0.717, 1.165) is 29.9 Å². The summed E-state index contributed by atoms with van der Waals surface area (Å²) in [6.45, 7) is 6.56. The normalized spacial score (nSPS) is 15.7. The van der Waals surface area contributed by atoms with Gasteiger partial charge in [-0.3, -0.25) is 9.69 Å². The molecule has 1 N–H and O–H groups in total. The molecule has 4 aromatic rings. The Morgan fingerprint density at radius 1 is 1.21 bits per heavy atom. The minimum atomic E-state index is -0.264. The number of thiazole rings is 1. The number of hydrogen-bond donors (Lipinski definition) is 1. The first-order chi connectivity index (χ1) is 16.1. The lowest BCUT2D eigenvalue weighted by Gasteiger charge is -2.35. The second-order valence-corrected chi connectivity index (χ2v) is 9.12. The van der Waals surface area contributed by atoms with E-state index < -0.39 is 0 Å². The van der Waals surface area contributed by atoms with Crippen LogP contribution in [0.4, 0.5) is 0 Å². The zero-order valence-corrected chi connectivity index (χ0v) is 19.5. The van der Waals surface area contributed by atoms with Crippen LogP contribution in [0, 0.1) is 6.92 Å². The lowest BCUT2D eigenvalue weighted by molar-refractivity contribution is 0.0236. The van der Waals surface area contributed by atoms with Gasteiger partial charge in [-0.25, -0.2) is 4.98 Å². The largest absolute Gasteiger partial charge is 0.507 e. The fraction of sp³-hybridized carbons (Fsp3) is 0.308. The zero-order valence-electron chi connectivity index (χ0n) is 18.7. The van der Waals surface area contributed by atoms with Gasteiger partial charge in [0.1, 0.15) is 22.6 Å². The maximum absolute atomic E-state index is 13.6. The van der Waals surface area contributed by atoms with Gasteiger partial charge < -0.3 is 14.3 Å². The summed E-state index contributed by atoms with van der Waals surface area (Å²) in [4.78, 5) is 20.4. The quantitative estimate of drug-likeness (QED) is 0.454. The minimum Gasteiger partial charge on any atom is -0.507 e. The molecule has 1 aliphatic rings. The van der Waals surface area contributed by atoms with Gasteiger partial charge >= 0.3 is 0 Å². The number of phenols is 1. The van der Waals surface area contributed by atoms with Crippen molar-refractivity contribution < 1.29 is 14.3 Å². The molecule has 1 saturated heterocycles. The highest BCUT2D eigenvalue weighted by Crippen LogP contribution is 2.41. The molecule has 0 radical (unpaired) electrons. The number of ether oxygens (including phenoxy) is 1. The van der Waals surface area contributed by atoms with E-state index >= 15 is 0 Å². The van der Waals surface area contributed by atoms with Gasteiger partial charge in [-0.2, -0.15) is 0 Å². The molecule has 2 aromatic heterocycles. The molecule has 0 amide bonds. The molecule has 1 fully saturated rings. The van der Waals surface area contributed by atoms with E-state index in [1.165, 1.54) is 17.6 Å². The number of aromatic hydroxyl groups is 1. The number of benzene rings is 2. The summed E-state index contributed by atoms with van der Waals surface area (Å²) in [7, 11) is 0. The molecule has 33 heavy (non-hydrogen) atoms. The molecule has 0 spiro atoms. The molecule has 0 bridgehead atoms. The average Bonchev–Trinajstić information content (AvgIpc) is 3.28. The first-order valence-electron chi connectivity index (χ1n) is 11.2. The van der Waals surface area contributed by atoms with E-state index in [0.29, 0.717) is 46.7 Å². The first kappa shape index (κ1) is 21.8. The third kappa shape index (κ3) is 3.97. The van der Waals surface area contributed by atoms with Crippen LogP contribution in [0.15, 0.2) is 57.3 Å². The molecule has 6 nitrogen and oxygen atoms in total. The Morgan fingerprint density at radius 2 is 1.97 bits per heavy atom. The van der Waals surface area contributed by atoms with E-state index in [9.17, 15) is 9.90 Å². The Morgan fingerprint density at radius 3 is 2.64 bits per heavy atom. The Bertz CT molecular complexity index is 1340. The van der Waals surface area contributed by atoms with Gasteiger partial charge in [0.15, 0.2) is 0 Å². The SMILES string of the molecule is CCc1cc2c(=O)c(-c3nc(C)cs3)coc2c([C@H](c2ccccc2)N2CCOCC2)c1O. The predicted molar refractivity (Wildman–Crippen MR) is 130 cm³/mol. The molecule has 5 rings (SSSR count). The van der Waals surface area contributed by atoms with Gasteiger partial charge in [-0.1, -0.05) is 37.3 Å². The van der Waals surface area contributed by atoms with Crippen LogP contribution in [0.5, 0.6) is 5.75 Å². The Labute approximate surface area is 196 Å². The topological polar surface area (TPSA) is 75.8 Å². The third-order valence-corrected chi connectivity index (χ3v) is 7.17. The number of aryl methyl sites for hydroxylation is 2. The lowest BCUT2D eigenvalue weighted by atomic mass is 9.91. The van der Waals surface area contributed by atoms with Crippen LogP contribution in [0.2, 0.25) is 0 Å². The van der Waals surface area contributed by atoms with Gasteiger partial charge in [0, 0.05) is 24.2 Å². The van der Waals surface area contributed by atoms with Crippen LogP contribution < -0.4 is 5.43 Å². The van der Waals surface area contributed by atoms with E-state index in [2.05, 4.69) is 22.0 Å².